The highest BCUT2D eigenvalue weighted by molar-refractivity contribution is 5.96. The number of carbonyl (C=O) groups is 2. The third kappa shape index (κ3) is 4.37. The molecule has 1 aliphatic rings. The highest BCUT2D eigenvalue weighted by Gasteiger charge is 2.15. The maximum atomic E-state index is 11.7. The van der Waals surface area contributed by atoms with Crippen molar-refractivity contribution < 1.29 is 9.59 Å². The van der Waals surface area contributed by atoms with Crippen molar-refractivity contribution in [1.82, 2.24) is 16.0 Å². The molecule has 102 valence electrons. The molecule has 0 saturated carbocycles. The molecule has 0 spiro atoms. The molecule has 0 aliphatic carbocycles. The van der Waals surface area contributed by atoms with Crippen molar-refractivity contribution in [2.75, 3.05) is 19.6 Å². The minimum absolute atomic E-state index is 0.0181. The second-order valence-electron chi connectivity index (χ2n) is 4.66. The van der Waals surface area contributed by atoms with Gasteiger partial charge in [0.2, 0.25) is 5.91 Å². The van der Waals surface area contributed by atoms with Crippen LogP contribution in [0, 0.1) is 0 Å². The van der Waals surface area contributed by atoms with E-state index in [2.05, 4.69) is 16.0 Å². The van der Waals surface area contributed by atoms with E-state index >= 15 is 0 Å². The number of piperidine rings is 1. The molecule has 1 fully saturated rings. The molecule has 1 atom stereocenters. The lowest BCUT2D eigenvalue weighted by atomic mass is 10.1. The van der Waals surface area contributed by atoms with Crippen LogP contribution in [0.4, 0.5) is 0 Å². The van der Waals surface area contributed by atoms with E-state index in [-0.39, 0.29) is 24.4 Å². The monoisotopic (exact) mass is 261 g/mol. The Bertz CT molecular complexity index is 428. The number of amides is 2. The summed E-state index contributed by atoms with van der Waals surface area (Å²) in [4.78, 5) is 23.4. The summed E-state index contributed by atoms with van der Waals surface area (Å²) in [6.07, 6.45) is 2.06. The lowest BCUT2D eigenvalue weighted by molar-refractivity contribution is -0.120. The number of hydrogen-bond acceptors (Lipinski definition) is 3. The van der Waals surface area contributed by atoms with Crippen LogP contribution in [-0.2, 0) is 4.79 Å². The molecule has 0 unspecified atom stereocenters. The number of rotatable bonds is 4. The van der Waals surface area contributed by atoms with Crippen LogP contribution in [0.25, 0.3) is 0 Å². The van der Waals surface area contributed by atoms with Gasteiger partial charge in [-0.05, 0) is 31.5 Å². The van der Waals surface area contributed by atoms with E-state index < -0.39 is 0 Å². The van der Waals surface area contributed by atoms with E-state index in [4.69, 9.17) is 0 Å². The van der Waals surface area contributed by atoms with Crippen molar-refractivity contribution in [1.29, 1.82) is 0 Å². The highest BCUT2D eigenvalue weighted by atomic mass is 16.2. The molecule has 1 saturated heterocycles. The second-order valence-corrected chi connectivity index (χ2v) is 4.66. The zero-order valence-electron chi connectivity index (χ0n) is 10.8. The largest absolute Gasteiger partial charge is 0.351 e. The van der Waals surface area contributed by atoms with Gasteiger partial charge in [-0.2, -0.15) is 0 Å². The predicted octanol–water partition coefficient (Wildman–Crippen LogP) is 0.285. The van der Waals surface area contributed by atoms with Gasteiger partial charge >= 0.3 is 0 Å². The smallest absolute Gasteiger partial charge is 0.251 e. The average molecular weight is 261 g/mol. The van der Waals surface area contributed by atoms with Crippen molar-refractivity contribution in [3.05, 3.63) is 35.9 Å². The molecule has 3 N–H and O–H groups in total. The Hall–Kier alpha value is -1.88. The summed E-state index contributed by atoms with van der Waals surface area (Å²) in [5, 5.41) is 8.76. The van der Waals surface area contributed by atoms with Gasteiger partial charge in [-0.3, -0.25) is 9.59 Å². The molecule has 1 aromatic rings. The SMILES string of the molecule is O=C(CNC(=O)c1ccccc1)N[C@@H]1CCCNC1. The number of carbonyl (C=O) groups excluding carboxylic acids is 2. The van der Waals surface area contributed by atoms with E-state index in [9.17, 15) is 9.59 Å². The van der Waals surface area contributed by atoms with Gasteiger partial charge in [-0.15, -0.1) is 0 Å². The van der Waals surface area contributed by atoms with Crippen molar-refractivity contribution in [2.45, 2.75) is 18.9 Å². The summed E-state index contributed by atoms with van der Waals surface area (Å²) in [6.45, 7) is 1.83. The third-order valence-electron chi connectivity index (χ3n) is 3.11. The van der Waals surface area contributed by atoms with Crippen molar-refractivity contribution in [2.24, 2.45) is 0 Å². The molecule has 2 rings (SSSR count). The fourth-order valence-corrected chi connectivity index (χ4v) is 2.11. The average Bonchev–Trinajstić information content (AvgIpc) is 2.47. The number of nitrogens with one attached hydrogen (secondary N) is 3. The molecular weight excluding hydrogens is 242 g/mol. The fourth-order valence-electron chi connectivity index (χ4n) is 2.11. The predicted molar refractivity (Wildman–Crippen MR) is 72.8 cm³/mol. The third-order valence-corrected chi connectivity index (χ3v) is 3.11. The zero-order valence-corrected chi connectivity index (χ0v) is 10.8. The van der Waals surface area contributed by atoms with Crippen LogP contribution in [0.15, 0.2) is 30.3 Å². The Morgan fingerprint density at radius 1 is 1.26 bits per heavy atom. The van der Waals surface area contributed by atoms with E-state index in [1.807, 2.05) is 6.07 Å². The molecule has 2 amide bonds. The standard InChI is InChI=1S/C14H19N3O2/c18-13(17-12-7-4-8-15-9-12)10-16-14(19)11-5-2-1-3-6-11/h1-3,5-6,12,15H,4,7-10H2,(H,16,19)(H,17,18)/t12-/m1/s1. The van der Waals surface area contributed by atoms with E-state index in [1.165, 1.54) is 0 Å². The Balaban J connectivity index is 1.72. The normalized spacial score (nSPS) is 18.6. The van der Waals surface area contributed by atoms with Crippen LogP contribution < -0.4 is 16.0 Å². The first-order valence-electron chi connectivity index (χ1n) is 6.59. The topological polar surface area (TPSA) is 70.2 Å². The summed E-state index contributed by atoms with van der Waals surface area (Å²) in [6, 6.07) is 9.05. The lowest BCUT2D eigenvalue weighted by Crippen LogP contribution is -2.48. The van der Waals surface area contributed by atoms with Crippen LogP contribution in [0.5, 0.6) is 0 Å². The molecule has 5 nitrogen and oxygen atoms in total. The number of benzene rings is 1. The summed E-state index contributed by atoms with van der Waals surface area (Å²) in [5.41, 5.74) is 0.564. The fraction of sp³-hybridized carbons (Fsp3) is 0.429. The van der Waals surface area contributed by atoms with Gasteiger partial charge in [0.25, 0.3) is 5.91 Å². The van der Waals surface area contributed by atoms with Crippen LogP contribution >= 0.6 is 0 Å². The lowest BCUT2D eigenvalue weighted by Gasteiger charge is -2.23. The van der Waals surface area contributed by atoms with Gasteiger partial charge in [0.15, 0.2) is 0 Å². The van der Waals surface area contributed by atoms with Crippen molar-refractivity contribution >= 4 is 11.8 Å². The van der Waals surface area contributed by atoms with Gasteiger partial charge in [-0.1, -0.05) is 18.2 Å². The maximum absolute atomic E-state index is 11.7. The van der Waals surface area contributed by atoms with Gasteiger partial charge in [-0.25, -0.2) is 0 Å². The minimum atomic E-state index is -0.225. The van der Waals surface area contributed by atoms with Crippen LogP contribution in [0.2, 0.25) is 0 Å². The van der Waals surface area contributed by atoms with Gasteiger partial charge < -0.3 is 16.0 Å². The molecule has 1 aromatic carbocycles. The van der Waals surface area contributed by atoms with Crippen LogP contribution in [-0.4, -0.2) is 37.5 Å². The van der Waals surface area contributed by atoms with E-state index in [0.717, 1.165) is 25.9 Å². The minimum Gasteiger partial charge on any atom is -0.351 e. The molecular formula is C14H19N3O2. The first kappa shape index (κ1) is 13.5. The van der Waals surface area contributed by atoms with Gasteiger partial charge in [0, 0.05) is 18.2 Å². The van der Waals surface area contributed by atoms with E-state index in [1.54, 1.807) is 24.3 Å². The Morgan fingerprint density at radius 3 is 2.74 bits per heavy atom. The summed E-state index contributed by atoms with van der Waals surface area (Å²) in [5.74, 6) is -0.365. The van der Waals surface area contributed by atoms with Crippen molar-refractivity contribution in [3.63, 3.8) is 0 Å². The molecule has 0 radical (unpaired) electrons. The first-order chi connectivity index (χ1) is 9.25. The molecule has 0 bridgehead atoms. The summed E-state index contributed by atoms with van der Waals surface area (Å²) < 4.78 is 0. The quantitative estimate of drug-likeness (QED) is 0.729. The van der Waals surface area contributed by atoms with Crippen LogP contribution in [0.3, 0.4) is 0 Å². The second kappa shape index (κ2) is 6.89. The highest BCUT2D eigenvalue weighted by Crippen LogP contribution is 2.01. The Labute approximate surface area is 112 Å². The Kier molecular flexibility index (Phi) is 4.92. The molecule has 5 heteroatoms. The van der Waals surface area contributed by atoms with Crippen molar-refractivity contribution in [3.8, 4) is 0 Å². The summed E-state index contributed by atoms with van der Waals surface area (Å²) in [7, 11) is 0. The zero-order chi connectivity index (χ0) is 13.5. The first-order valence-corrected chi connectivity index (χ1v) is 6.59. The molecule has 0 aromatic heterocycles. The Morgan fingerprint density at radius 2 is 2.05 bits per heavy atom. The molecule has 1 aliphatic heterocycles. The molecule has 1 heterocycles. The van der Waals surface area contributed by atoms with E-state index in [0.29, 0.717) is 5.56 Å². The molecule has 19 heavy (non-hydrogen) atoms. The van der Waals surface area contributed by atoms with Gasteiger partial charge in [0.05, 0.1) is 6.54 Å². The summed E-state index contributed by atoms with van der Waals surface area (Å²) >= 11 is 0. The maximum Gasteiger partial charge on any atom is 0.251 e. The van der Waals surface area contributed by atoms with Crippen LogP contribution in [0.1, 0.15) is 23.2 Å². The number of hydrogen-bond donors (Lipinski definition) is 3. The van der Waals surface area contributed by atoms with Gasteiger partial charge in [0.1, 0.15) is 0 Å².